The molecule has 1 amide bonds. The minimum absolute atomic E-state index is 0.0574. The van der Waals surface area contributed by atoms with Crippen molar-refractivity contribution in [2.75, 3.05) is 13.1 Å². The Bertz CT molecular complexity index is 919. The summed E-state index contributed by atoms with van der Waals surface area (Å²) in [5.74, 6) is 1.47. The Morgan fingerprint density at radius 1 is 1.26 bits per heavy atom. The number of fused-ring (bicyclic) bond motifs is 1. The van der Waals surface area contributed by atoms with E-state index in [4.69, 9.17) is 15.2 Å². The standard InChI is InChI=1S/C19H23N5O3/c1-4-24(5-2)12(3)26-16-10-9-13(11-21-16)18-22-14-7-6-8-15(17(14)23-18)27-19(20)25/h6-12H,4-5H2,1-3H3,(H2,20,25)(H,22,23). The van der Waals surface area contributed by atoms with E-state index in [1.807, 2.05) is 25.1 Å². The minimum Gasteiger partial charge on any atom is -0.459 e. The van der Waals surface area contributed by atoms with Crippen LogP contribution in [0.15, 0.2) is 36.5 Å². The van der Waals surface area contributed by atoms with E-state index in [1.54, 1.807) is 18.3 Å². The number of imidazole rings is 1. The summed E-state index contributed by atoms with van der Waals surface area (Å²) in [5.41, 5.74) is 7.16. The Morgan fingerprint density at radius 3 is 2.67 bits per heavy atom. The lowest BCUT2D eigenvalue weighted by Gasteiger charge is -2.26. The summed E-state index contributed by atoms with van der Waals surface area (Å²) in [6, 6.07) is 8.93. The van der Waals surface area contributed by atoms with Gasteiger partial charge in [-0.3, -0.25) is 4.90 Å². The molecule has 2 heterocycles. The van der Waals surface area contributed by atoms with Crippen LogP contribution in [0.3, 0.4) is 0 Å². The summed E-state index contributed by atoms with van der Waals surface area (Å²) < 4.78 is 10.9. The van der Waals surface area contributed by atoms with E-state index in [0.717, 1.165) is 24.2 Å². The van der Waals surface area contributed by atoms with Gasteiger partial charge in [-0.1, -0.05) is 19.9 Å². The number of carbonyl (C=O) groups excluding carboxylic acids is 1. The average Bonchev–Trinajstić information content (AvgIpc) is 3.08. The Labute approximate surface area is 157 Å². The van der Waals surface area contributed by atoms with Gasteiger partial charge in [0.1, 0.15) is 11.3 Å². The van der Waals surface area contributed by atoms with Crippen LogP contribution in [-0.2, 0) is 0 Å². The molecule has 0 radical (unpaired) electrons. The molecule has 2 aromatic heterocycles. The topological polar surface area (TPSA) is 106 Å². The van der Waals surface area contributed by atoms with Gasteiger partial charge in [-0.25, -0.2) is 14.8 Å². The van der Waals surface area contributed by atoms with E-state index < -0.39 is 6.09 Å². The molecule has 0 aliphatic carbocycles. The molecule has 0 aliphatic rings. The second kappa shape index (κ2) is 8.05. The maximum absolute atomic E-state index is 11.0. The lowest BCUT2D eigenvalue weighted by atomic mass is 10.3. The molecule has 3 N–H and O–H groups in total. The molecule has 0 aliphatic heterocycles. The number of ether oxygens (including phenoxy) is 2. The third-order valence-electron chi connectivity index (χ3n) is 4.31. The van der Waals surface area contributed by atoms with E-state index >= 15 is 0 Å². The zero-order valence-electron chi connectivity index (χ0n) is 15.6. The van der Waals surface area contributed by atoms with Crippen molar-refractivity contribution < 1.29 is 14.3 Å². The molecule has 0 saturated heterocycles. The van der Waals surface area contributed by atoms with Crippen molar-refractivity contribution in [3.05, 3.63) is 36.5 Å². The molecule has 3 aromatic rings. The quantitative estimate of drug-likeness (QED) is 0.620. The van der Waals surface area contributed by atoms with Crippen molar-refractivity contribution >= 4 is 17.1 Å². The molecule has 0 spiro atoms. The van der Waals surface area contributed by atoms with Crippen LogP contribution in [0.5, 0.6) is 11.6 Å². The number of nitrogens with zero attached hydrogens (tertiary/aromatic N) is 3. The first-order chi connectivity index (χ1) is 13.0. The Hall–Kier alpha value is -3.13. The predicted molar refractivity (Wildman–Crippen MR) is 103 cm³/mol. The van der Waals surface area contributed by atoms with Crippen LogP contribution in [0.1, 0.15) is 20.8 Å². The molecule has 1 unspecified atom stereocenters. The average molecular weight is 369 g/mol. The zero-order chi connectivity index (χ0) is 19.4. The SMILES string of the molecule is CCN(CC)C(C)Oc1ccc(-c2nc3c(OC(N)=O)cccc3[nH]2)cn1. The normalized spacial score (nSPS) is 12.3. The van der Waals surface area contributed by atoms with Crippen molar-refractivity contribution in [2.24, 2.45) is 5.73 Å². The van der Waals surface area contributed by atoms with Gasteiger partial charge in [0.05, 0.1) is 5.52 Å². The summed E-state index contributed by atoms with van der Waals surface area (Å²) in [4.78, 5) is 25.3. The minimum atomic E-state index is -0.877. The second-order valence-corrected chi connectivity index (χ2v) is 5.98. The van der Waals surface area contributed by atoms with Gasteiger partial charge in [-0.15, -0.1) is 0 Å². The number of hydrogen-bond acceptors (Lipinski definition) is 6. The van der Waals surface area contributed by atoms with Gasteiger partial charge < -0.3 is 20.2 Å². The maximum atomic E-state index is 11.0. The first-order valence-electron chi connectivity index (χ1n) is 8.85. The molecule has 3 rings (SSSR count). The molecule has 1 atom stereocenters. The number of aromatic amines is 1. The number of hydrogen-bond donors (Lipinski definition) is 2. The molecule has 27 heavy (non-hydrogen) atoms. The fourth-order valence-electron chi connectivity index (χ4n) is 2.91. The van der Waals surface area contributed by atoms with Gasteiger partial charge in [0.25, 0.3) is 0 Å². The maximum Gasteiger partial charge on any atom is 0.410 e. The number of H-pyrrole nitrogens is 1. The predicted octanol–water partition coefficient (Wildman–Crippen LogP) is 3.15. The van der Waals surface area contributed by atoms with Gasteiger partial charge in [-0.05, 0) is 38.2 Å². The fraction of sp³-hybridized carbons (Fsp3) is 0.316. The molecule has 0 fully saturated rings. The molecule has 8 nitrogen and oxygen atoms in total. The van der Waals surface area contributed by atoms with Crippen LogP contribution in [0, 0.1) is 0 Å². The number of nitrogens with one attached hydrogen (secondary N) is 1. The van der Waals surface area contributed by atoms with Crippen molar-refractivity contribution in [2.45, 2.75) is 27.0 Å². The van der Waals surface area contributed by atoms with Crippen molar-refractivity contribution in [1.29, 1.82) is 0 Å². The lowest BCUT2D eigenvalue weighted by molar-refractivity contribution is 0.0443. The van der Waals surface area contributed by atoms with Gasteiger partial charge in [-0.2, -0.15) is 0 Å². The van der Waals surface area contributed by atoms with E-state index in [-0.39, 0.29) is 6.23 Å². The second-order valence-electron chi connectivity index (χ2n) is 5.98. The number of rotatable bonds is 7. The Kier molecular flexibility index (Phi) is 5.56. The van der Waals surface area contributed by atoms with E-state index in [0.29, 0.717) is 23.0 Å². The molecule has 0 saturated carbocycles. The highest BCUT2D eigenvalue weighted by Gasteiger charge is 2.14. The van der Waals surface area contributed by atoms with Crippen molar-refractivity contribution in [3.63, 3.8) is 0 Å². The number of carbonyl (C=O) groups is 1. The number of primary amides is 1. The highest BCUT2D eigenvalue weighted by molar-refractivity contribution is 5.86. The molecular weight excluding hydrogens is 346 g/mol. The Morgan fingerprint density at radius 2 is 2.04 bits per heavy atom. The molecule has 8 heteroatoms. The highest BCUT2D eigenvalue weighted by atomic mass is 16.5. The number of amides is 1. The number of nitrogens with two attached hydrogens (primary N) is 1. The number of benzene rings is 1. The Balaban J connectivity index is 1.82. The van der Waals surface area contributed by atoms with E-state index in [2.05, 4.69) is 33.7 Å². The monoisotopic (exact) mass is 369 g/mol. The fourth-order valence-corrected chi connectivity index (χ4v) is 2.91. The molecule has 0 bridgehead atoms. The summed E-state index contributed by atoms with van der Waals surface area (Å²) in [5, 5.41) is 0. The van der Waals surface area contributed by atoms with Gasteiger partial charge in [0.2, 0.25) is 5.88 Å². The van der Waals surface area contributed by atoms with Crippen LogP contribution in [0.2, 0.25) is 0 Å². The largest absolute Gasteiger partial charge is 0.459 e. The van der Waals surface area contributed by atoms with E-state index in [9.17, 15) is 4.79 Å². The van der Waals surface area contributed by atoms with Crippen LogP contribution in [0.25, 0.3) is 22.4 Å². The van der Waals surface area contributed by atoms with Crippen molar-refractivity contribution in [1.82, 2.24) is 19.9 Å². The number of aromatic nitrogens is 3. The molecular formula is C19H23N5O3. The summed E-state index contributed by atoms with van der Waals surface area (Å²) in [7, 11) is 0. The van der Waals surface area contributed by atoms with Gasteiger partial charge in [0.15, 0.2) is 12.0 Å². The number of pyridine rings is 1. The smallest absolute Gasteiger partial charge is 0.410 e. The van der Waals surface area contributed by atoms with Crippen LogP contribution < -0.4 is 15.2 Å². The zero-order valence-corrected chi connectivity index (χ0v) is 15.6. The van der Waals surface area contributed by atoms with E-state index in [1.165, 1.54) is 0 Å². The lowest BCUT2D eigenvalue weighted by Crippen LogP contribution is -2.37. The highest BCUT2D eigenvalue weighted by Crippen LogP contribution is 2.27. The number of para-hydroxylation sites is 1. The van der Waals surface area contributed by atoms with Crippen LogP contribution >= 0.6 is 0 Å². The summed E-state index contributed by atoms with van der Waals surface area (Å²) in [6.45, 7) is 8.01. The van der Waals surface area contributed by atoms with Gasteiger partial charge in [0, 0.05) is 17.8 Å². The van der Waals surface area contributed by atoms with Crippen LogP contribution in [-0.4, -0.2) is 45.3 Å². The van der Waals surface area contributed by atoms with Crippen LogP contribution in [0.4, 0.5) is 4.79 Å². The van der Waals surface area contributed by atoms with Crippen molar-refractivity contribution in [3.8, 4) is 23.0 Å². The first kappa shape index (κ1) is 18.7. The third kappa shape index (κ3) is 4.17. The third-order valence-corrected chi connectivity index (χ3v) is 4.31. The molecule has 1 aromatic carbocycles. The van der Waals surface area contributed by atoms with Gasteiger partial charge >= 0.3 is 6.09 Å². The first-order valence-corrected chi connectivity index (χ1v) is 8.85. The summed E-state index contributed by atoms with van der Waals surface area (Å²) >= 11 is 0. The summed E-state index contributed by atoms with van der Waals surface area (Å²) in [6.07, 6.45) is 0.756. The molecule has 142 valence electrons.